The molecule has 1 fully saturated rings. The summed E-state index contributed by atoms with van der Waals surface area (Å²) in [5.74, 6) is -1.96. The van der Waals surface area contributed by atoms with Gasteiger partial charge >= 0.3 is 0 Å². The number of benzene rings is 2. The quantitative estimate of drug-likeness (QED) is 0.647. The number of nitrogens with zero attached hydrogens (tertiary/aromatic N) is 1. The summed E-state index contributed by atoms with van der Waals surface area (Å²) in [4.78, 5) is 17.1. The Bertz CT molecular complexity index is 983. The first-order valence-corrected chi connectivity index (χ1v) is 9.22. The first-order valence-electron chi connectivity index (χ1n) is 7.96. The van der Waals surface area contributed by atoms with Gasteiger partial charge in [-0.1, -0.05) is 23.7 Å². The van der Waals surface area contributed by atoms with Crippen LogP contribution in [0.25, 0.3) is 11.3 Å². The van der Waals surface area contributed by atoms with E-state index in [4.69, 9.17) is 11.6 Å². The first-order chi connectivity index (χ1) is 12.5. The summed E-state index contributed by atoms with van der Waals surface area (Å²) in [6.45, 7) is 0. The number of hydrogen-bond acceptors (Lipinski definition) is 3. The van der Waals surface area contributed by atoms with Crippen LogP contribution in [0.3, 0.4) is 0 Å². The van der Waals surface area contributed by atoms with Crippen molar-refractivity contribution in [3.05, 3.63) is 70.1 Å². The van der Waals surface area contributed by atoms with E-state index in [0.717, 1.165) is 30.5 Å². The lowest BCUT2D eigenvalue weighted by Gasteiger charge is -2.14. The van der Waals surface area contributed by atoms with Crippen LogP contribution < -0.4 is 5.32 Å². The largest absolute Gasteiger partial charge is 0.301 e. The number of rotatable bonds is 4. The van der Waals surface area contributed by atoms with Gasteiger partial charge < -0.3 is 5.32 Å². The molecule has 0 unspecified atom stereocenters. The minimum Gasteiger partial charge on any atom is -0.301 e. The van der Waals surface area contributed by atoms with Crippen molar-refractivity contribution in [1.82, 2.24) is 4.98 Å². The normalized spacial score (nSPS) is 14.9. The summed E-state index contributed by atoms with van der Waals surface area (Å²) in [7, 11) is 0. The molecule has 1 aromatic heterocycles. The molecule has 1 aliphatic rings. The summed E-state index contributed by atoms with van der Waals surface area (Å²) >= 11 is 7.16. The summed E-state index contributed by atoms with van der Waals surface area (Å²) in [6.07, 6.45) is 1.53. The highest BCUT2D eigenvalue weighted by atomic mass is 35.5. The van der Waals surface area contributed by atoms with Crippen LogP contribution in [0.15, 0.2) is 47.8 Å². The fourth-order valence-corrected chi connectivity index (χ4v) is 3.72. The van der Waals surface area contributed by atoms with Gasteiger partial charge in [0.05, 0.1) is 11.1 Å². The molecule has 4 rings (SSSR count). The molecule has 0 spiro atoms. The number of aromatic nitrogens is 1. The molecule has 1 saturated carbocycles. The van der Waals surface area contributed by atoms with E-state index >= 15 is 0 Å². The van der Waals surface area contributed by atoms with Crippen LogP contribution in [-0.4, -0.2) is 10.9 Å². The molecule has 1 heterocycles. The van der Waals surface area contributed by atoms with Crippen LogP contribution >= 0.6 is 22.9 Å². The standard InChI is InChI=1S/C19H13ClF2N2OS/c20-13-4-2-12(3-5-13)19(7-8-19)17(25)24-18-23-16(10-26-18)11-1-6-14(21)15(22)9-11/h1-6,9-10H,7-8H2,(H,23,24,25). The zero-order valence-corrected chi connectivity index (χ0v) is 15.0. The molecule has 7 heteroatoms. The molecule has 26 heavy (non-hydrogen) atoms. The number of halogens is 3. The predicted molar refractivity (Wildman–Crippen MR) is 98.5 cm³/mol. The number of anilines is 1. The topological polar surface area (TPSA) is 42.0 Å². The SMILES string of the molecule is O=C(Nc1nc(-c2ccc(F)c(F)c2)cs1)C1(c2ccc(Cl)cc2)CC1. The molecule has 3 nitrogen and oxygen atoms in total. The highest BCUT2D eigenvalue weighted by Gasteiger charge is 2.51. The predicted octanol–water partition coefficient (Wildman–Crippen LogP) is 5.41. The molecule has 2 aromatic carbocycles. The fraction of sp³-hybridized carbons (Fsp3) is 0.158. The number of carbonyl (C=O) groups is 1. The van der Waals surface area contributed by atoms with E-state index in [-0.39, 0.29) is 5.91 Å². The summed E-state index contributed by atoms with van der Waals surface area (Å²) in [5.41, 5.74) is 1.33. The summed E-state index contributed by atoms with van der Waals surface area (Å²) in [6, 6.07) is 10.9. The Balaban J connectivity index is 1.53. The van der Waals surface area contributed by atoms with E-state index < -0.39 is 17.0 Å². The van der Waals surface area contributed by atoms with E-state index in [0.29, 0.717) is 21.4 Å². The first kappa shape index (κ1) is 17.1. The van der Waals surface area contributed by atoms with Crippen molar-refractivity contribution in [3.63, 3.8) is 0 Å². The molecular formula is C19H13ClF2N2OS. The fourth-order valence-electron chi connectivity index (χ4n) is 2.88. The maximum absolute atomic E-state index is 13.4. The van der Waals surface area contributed by atoms with E-state index in [2.05, 4.69) is 10.3 Å². The molecule has 3 aromatic rings. The molecule has 1 amide bonds. The molecule has 1 aliphatic carbocycles. The highest BCUT2D eigenvalue weighted by molar-refractivity contribution is 7.14. The molecule has 0 saturated heterocycles. The van der Waals surface area contributed by atoms with Crippen LogP contribution in [0.4, 0.5) is 13.9 Å². The van der Waals surface area contributed by atoms with Crippen molar-refractivity contribution in [1.29, 1.82) is 0 Å². The van der Waals surface area contributed by atoms with E-state index in [9.17, 15) is 13.6 Å². The number of hydrogen-bond donors (Lipinski definition) is 1. The van der Waals surface area contributed by atoms with Gasteiger partial charge in [0.25, 0.3) is 0 Å². The van der Waals surface area contributed by atoms with Gasteiger partial charge in [-0.15, -0.1) is 11.3 Å². The lowest BCUT2D eigenvalue weighted by molar-refractivity contribution is -0.118. The number of carbonyl (C=O) groups excluding carboxylic acids is 1. The summed E-state index contributed by atoms with van der Waals surface area (Å²) < 4.78 is 26.4. The third-order valence-electron chi connectivity index (χ3n) is 4.52. The number of thiazole rings is 1. The molecular weight excluding hydrogens is 378 g/mol. The smallest absolute Gasteiger partial charge is 0.236 e. The van der Waals surface area contributed by atoms with E-state index in [1.54, 1.807) is 17.5 Å². The average molecular weight is 391 g/mol. The van der Waals surface area contributed by atoms with Gasteiger partial charge in [-0.05, 0) is 48.7 Å². The van der Waals surface area contributed by atoms with Crippen molar-refractivity contribution >= 4 is 34.0 Å². The van der Waals surface area contributed by atoms with Gasteiger partial charge in [0.1, 0.15) is 0 Å². The molecule has 0 atom stereocenters. The van der Waals surface area contributed by atoms with Crippen LogP contribution in [0.2, 0.25) is 5.02 Å². The Labute approximate surface area is 157 Å². The molecule has 132 valence electrons. The van der Waals surface area contributed by atoms with Gasteiger partial charge in [0.15, 0.2) is 16.8 Å². The highest BCUT2D eigenvalue weighted by Crippen LogP contribution is 2.49. The zero-order valence-electron chi connectivity index (χ0n) is 13.4. The van der Waals surface area contributed by atoms with Crippen molar-refractivity contribution in [3.8, 4) is 11.3 Å². The Morgan fingerprint density at radius 1 is 1.12 bits per heavy atom. The van der Waals surface area contributed by atoms with Crippen molar-refractivity contribution in [2.24, 2.45) is 0 Å². The second kappa shape index (κ2) is 6.45. The van der Waals surface area contributed by atoms with E-state index in [1.165, 1.54) is 17.4 Å². The van der Waals surface area contributed by atoms with Crippen molar-refractivity contribution in [2.75, 3.05) is 5.32 Å². The minimum atomic E-state index is -0.930. The molecule has 0 bridgehead atoms. The van der Waals surface area contributed by atoms with Crippen LogP contribution in [0.1, 0.15) is 18.4 Å². The third-order valence-corrected chi connectivity index (χ3v) is 5.53. The van der Waals surface area contributed by atoms with Crippen molar-refractivity contribution in [2.45, 2.75) is 18.3 Å². The van der Waals surface area contributed by atoms with Gasteiger partial charge in [-0.3, -0.25) is 4.79 Å². The maximum Gasteiger partial charge on any atom is 0.236 e. The van der Waals surface area contributed by atoms with Crippen molar-refractivity contribution < 1.29 is 13.6 Å². The molecule has 0 radical (unpaired) electrons. The van der Waals surface area contributed by atoms with Crippen LogP contribution in [-0.2, 0) is 10.2 Å². The van der Waals surface area contributed by atoms with Crippen LogP contribution in [0.5, 0.6) is 0 Å². The summed E-state index contributed by atoms with van der Waals surface area (Å²) in [5, 5.41) is 5.59. The van der Waals surface area contributed by atoms with Gasteiger partial charge in [-0.2, -0.15) is 0 Å². The Hall–Kier alpha value is -2.31. The Morgan fingerprint density at radius 3 is 2.50 bits per heavy atom. The monoisotopic (exact) mass is 390 g/mol. The Kier molecular flexibility index (Phi) is 4.25. The second-order valence-electron chi connectivity index (χ2n) is 6.21. The average Bonchev–Trinajstić information content (AvgIpc) is 3.31. The third kappa shape index (κ3) is 3.10. The zero-order chi connectivity index (χ0) is 18.3. The van der Waals surface area contributed by atoms with Gasteiger partial charge in [0, 0.05) is 16.0 Å². The second-order valence-corrected chi connectivity index (χ2v) is 7.50. The van der Waals surface area contributed by atoms with Gasteiger partial charge in [-0.25, -0.2) is 13.8 Å². The number of amides is 1. The molecule has 1 N–H and O–H groups in total. The lowest BCUT2D eigenvalue weighted by Crippen LogP contribution is -2.27. The Morgan fingerprint density at radius 2 is 1.85 bits per heavy atom. The van der Waals surface area contributed by atoms with Gasteiger partial charge in [0.2, 0.25) is 5.91 Å². The number of nitrogens with one attached hydrogen (secondary N) is 1. The van der Waals surface area contributed by atoms with E-state index in [1.807, 2.05) is 12.1 Å². The lowest BCUT2D eigenvalue weighted by atomic mass is 9.95. The van der Waals surface area contributed by atoms with Crippen LogP contribution in [0, 0.1) is 11.6 Å². The minimum absolute atomic E-state index is 0.119. The molecule has 0 aliphatic heterocycles. The maximum atomic E-state index is 13.4.